The van der Waals surface area contributed by atoms with Gasteiger partial charge in [-0.3, -0.25) is 0 Å². The number of hydrogen-bond donors (Lipinski definition) is 1. The zero-order valence-electron chi connectivity index (χ0n) is 12.1. The maximum atomic E-state index is 6.28. The third-order valence-electron chi connectivity index (χ3n) is 4.10. The van der Waals surface area contributed by atoms with E-state index in [1.54, 1.807) is 7.11 Å². The summed E-state index contributed by atoms with van der Waals surface area (Å²) < 4.78 is 5.17. The molecule has 0 heterocycles. The van der Waals surface area contributed by atoms with Crippen molar-refractivity contribution < 1.29 is 4.74 Å². The molecule has 0 aromatic heterocycles. The largest absolute Gasteiger partial charge is 0.497 e. The van der Waals surface area contributed by atoms with Gasteiger partial charge in [-0.05, 0) is 43.5 Å². The standard InChI is InChI=1S/C16H26N2O/c1-18(11-13-5-3-4-6-13)12-16(17)14-7-9-15(19-2)10-8-14/h7-10,13,16H,3-6,11-12,17H2,1-2H3. The minimum absolute atomic E-state index is 0.0808. The Morgan fingerprint density at radius 1 is 1.26 bits per heavy atom. The molecule has 1 saturated carbocycles. The number of methoxy groups -OCH3 is 1. The van der Waals surface area contributed by atoms with Gasteiger partial charge in [0.25, 0.3) is 0 Å². The van der Waals surface area contributed by atoms with Gasteiger partial charge in [-0.2, -0.15) is 0 Å². The zero-order chi connectivity index (χ0) is 13.7. The van der Waals surface area contributed by atoms with Gasteiger partial charge in [0.2, 0.25) is 0 Å². The molecule has 1 aliphatic carbocycles. The number of likely N-dealkylation sites (N-methyl/N-ethyl adjacent to an activating group) is 1. The van der Waals surface area contributed by atoms with Gasteiger partial charge in [0.1, 0.15) is 5.75 Å². The molecule has 1 atom stereocenters. The van der Waals surface area contributed by atoms with Gasteiger partial charge in [0.15, 0.2) is 0 Å². The fourth-order valence-electron chi connectivity index (χ4n) is 3.00. The number of hydrogen-bond acceptors (Lipinski definition) is 3. The highest BCUT2D eigenvalue weighted by Gasteiger charge is 2.18. The van der Waals surface area contributed by atoms with Crippen molar-refractivity contribution in [3.8, 4) is 5.75 Å². The van der Waals surface area contributed by atoms with Crippen LogP contribution in [0.25, 0.3) is 0 Å². The van der Waals surface area contributed by atoms with Crippen molar-refractivity contribution in [2.24, 2.45) is 11.7 Å². The molecule has 1 aromatic carbocycles. The SMILES string of the molecule is COc1ccc(C(N)CN(C)CC2CCCC2)cc1. The smallest absolute Gasteiger partial charge is 0.118 e. The van der Waals surface area contributed by atoms with Crippen molar-refractivity contribution in [3.05, 3.63) is 29.8 Å². The van der Waals surface area contributed by atoms with E-state index in [4.69, 9.17) is 10.5 Å². The third-order valence-corrected chi connectivity index (χ3v) is 4.10. The molecule has 19 heavy (non-hydrogen) atoms. The van der Waals surface area contributed by atoms with E-state index in [-0.39, 0.29) is 6.04 Å². The minimum Gasteiger partial charge on any atom is -0.497 e. The summed E-state index contributed by atoms with van der Waals surface area (Å²) in [6.45, 7) is 2.10. The van der Waals surface area contributed by atoms with Gasteiger partial charge in [0, 0.05) is 19.1 Å². The molecule has 0 amide bonds. The Morgan fingerprint density at radius 2 is 1.89 bits per heavy atom. The fraction of sp³-hybridized carbons (Fsp3) is 0.625. The van der Waals surface area contributed by atoms with Crippen molar-refractivity contribution in [3.63, 3.8) is 0 Å². The Morgan fingerprint density at radius 3 is 2.47 bits per heavy atom. The molecule has 1 fully saturated rings. The first-order valence-corrected chi connectivity index (χ1v) is 7.27. The molecule has 2 N–H and O–H groups in total. The average Bonchev–Trinajstić information content (AvgIpc) is 2.91. The average molecular weight is 262 g/mol. The Kier molecular flexibility index (Phi) is 5.23. The van der Waals surface area contributed by atoms with Gasteiger partial charge >= 0.3 is 0 Å². The molecule has 0 aliphatic heterocycles. The molecule has 1 unspecified atom stereocenters. The summed E-state index contributed by atoms with van der Waals surface area (Å²) in [4.78, 5) is 2.38. The van der Waals surface area contributed by atoms with Crippen molar-refractivity contribution in [1.82, 2.24) is 4.90 Å². The molecular weight excluding hydrogens is 236 g/mol. The number of ether oxygens (including phenoxy) is 1. The van der Waals surface area contributed by atoms with Crippen molar-refractivity contribution in [2.45, 2.75) is 31.7 Å². The van der Waals surface area contributed by atoms with Crippen molar-refractivity contribution in [1.29, 1.82) is 0 Å². The summed E-state index contributed by atoms with van der Waals surface area (Å²) in [7, 11) is 3.87. The van der Waals surface area contributed by atoms with E-state index >= 15 is 0 Å². The van der Waals surface area contributed by atoms with Crippen LogP contribution >= 0.6 is 0 Å². The lowest BCUT2D eigenvalue weighted by molar-refractivity contribution is 0.263. The van der Waals surface area contributed by atoms with Crippen LogP contribution in [0.1, 0.15) is 37.3 Å². The van der Waals surface area contributed by atoms with Crippen LogP contribution in [0.5, 0.6) is 5.75 Å². The van der Waals surface area contributed by atoms with Crippen molar-refractivity contribution >= 4 is 0 Å². The lowest BCUT2D eigenvalue weighted by Gasteiger charge is -2.24. The normalized spacial score (nSPS) is 17.9. The maximum Gasteiger partial charge on any atom is 0.118 e. The van der Waals surface area contributed by atoms with E-state index in [1.165, 1.54) is 37.8 Å². The Hall–Kier alpha value is -1.06. The molecule has 3 nitrogen and oxygen atoms in total. The Bertz CT molecular complexity index is 371. The monoisotopic (exact) mass is 262 g/mol. The lowest BCUT2D eigenvalue weighted by Crippen LogP contribution is -2.32. The highest BCUT2D eigenvalue weighted by molar-refractivity contribution is 5.29. The van der Waals surface area contributed by atoms with E-state index in [1.807, 2.05) is 12.1 Å². The van der Waals surface area contributed by atoms with Gasteiger partial charge < -0.3 is 15.4 Å². The van der Waals surface area contributed by atoms with Crippen LogP contribution in [0, 0.1) is 5.92 Å². The number of rotatable bonds is 6. The first kappa shape index (κ1) is 14.4. The minimum atomic E-state index is 0.0808. The molecule has 0 bridgehead atoms. The van der Waals surface area contributed by atoms with Crippen LogP contribution in [-0.2, 0) is 0 Å². The molecular formula is C16H26N2O. The molecule has 1 aliphatic rings. The molecule has 1 aromatic rings. The summed E-state index contributed by atoms with van der Waals surface area (Å²) in [6, 6.07) is 8.16. The van der Waals surface area contributed by atoms with Gasteiger partial charge in [0.05, 0.1) is 7.11 Å². The fourth-order valence-corrected chi connectivity index (χ4v) is 3.00. The summed E-state index contributed by atoms with van der Waals surface area (Å²) in [5.41, 5.74) is 7.46. The number of benzene rings is 1. The van der Waals surface area contributed by atoms with Crippen molar-refractivity contribution in [2.75, 3.05) is 27.2 Å². The maximum absolute atomic E-state index is 6.28. The summed E-state index contributed by atoms with van der Waals surface area (Å²) in [6.07, 6.45) is 5.59. The topological polar surface area (TPSA) is 38.5 Å². The molecule has 0 spiro atoms. The molecule has 0 radical (unpaired) electrons. The van der Waals surface area contributed by atoms with E-state index in [2.05, 4.69) is 24.1 Å². The highest BCUT2D eigenvalue weighted by Crippen LogP contribution is 2.25. The second kappa shape index (κ2) is 6.92. The Balaban J connectivity index is 1.82. The molecule has 0 saturated heterocycles. The van der Waals surface area contributed by atoms with Crippen LogP contribution in [-0.4, -0.2) is 32.1 Å². The number of nitrogens with two attached hydrogens (primary N) is 1. The second-order valence-corrected chi connectivity index (χ2v) is 5.75. The summed E-state index contributed by atoms with van der Waals surface area (Å²) >= 11 is 0. The highest BCUT2D eigenvalue weighted by atomic mass is 16.5. The first-order valence-electron chi connectivity index (χ1n) is 7.27. The van der Waals surface area contributed by atoms with Gasteiger partial charge in [-0.25, -0.2) is 0 Å². The van der Waals surface area contributed by atoms with Crippen LogP contribution in [0.15, 0.2) is 24.3 Å². The van der Waals surface area contributed by atoms with E-state index in [0.29, 0.717) is 0 Å². The molecule has 106 valence electrons. The second-order valence-electron chi connectivity index (χ2n) is 5.75. The van der Waals surface area contributed by atoms with Crippen LogP contribution in [0.3, 0.4) is 0 Å². The summed E-state index contributed by atoms with van der Waals surface area (Å²) in [5, 5.41) is 0. The number of nitrogens with zero attached hydrogens (tertiary/aromatic N) is 1. The first-order chi connectivity index (χ1) is 9.19. The quantitative estimate of drug-likeness (QED) is 0.856. The Labute approximate surface area is 116 Å². The molecule has 2 rings (SSSR count). The van der Waals surface area contributed by atoms with Gasteiger partial charge in [-0.15, -0.1) is 0 Å². The predicted molar refractivity (Wildman–Crippen MR) is 79.4 cm³/mol. The van der Waals surface area contributed by atoms with Crippen LogP contribution < -0.4 is 10.5 Å². The molecule has 3 heteroatoms. The predicted octanol–water partition coefficient (Wildman–Crippen LogP) is 2.82. The third kappa shape index (κ3) is 4.22. The van der Waals surface area contributed by atoms with E-state index in [0.717, 1.165) is 18.2 Å². The van der Waals surface area contributed by atoms with E-state index in [9.17, 15) is 0 Å². The van der Waals surface area contributed by atoms with E-state index < -0.39 is 0 Å². The van der Waals surface area contributed by atoms with Crippen LogP contribution in [0.4, 0.5) is 0 Å². The zero-order valence-corrected chi connectivity index (χ0v) is 12.1. The van der Waals surface area contributed by atoms with Crippen LogP contribution in [0.2, 0.25) is 0 Å². The van der Waals surface area contributed by atoms with Gasteiger partial charge in [-0.1, -0.05) is 25.0 Å². The summed E-state index contributed by atoms with van der Waals surface area (Å²) in [5.74, 6) is 1.77. The lowest BCUT2D eigenvalue weighted by atomic mass is 10.1.